The van der Waals surface area contributed by atoms with Gasteiger partial charge in [-0.25, -0.2) is 9.97 Å². The zero-order chi connectivity index (χ0) is 12.1. The van der Waals surface area contributed by atoms with E-state index in [-0.39, 0.29) is 17.6 Å². The molecule has 2 rings (SSSR count). The zero-order valence-electron chi connectivity index (χ0n) is 8.75. The minimum atomic E-state index is -0.171. The molecule has 7 nitrogen and oxygen atoms in total. The molecule has 0 unspecified atom stereocenters. The van der Waals surface area contributed by atoms with Crippen molar-refractivity contribution in [2.75, 3.05) is 5.32 Å². The largest absolute Gasteiger partial charge is 0.310 e. The third-order valence-corrected chi connectivity index (χ3v) is 2.12. The molecule has 1 N–H and O–H groups in total. The van der Waals surface area contributed by atoms with Gasteiger partial charge in [0.25, 0.3) is 0 Å². The van der Waals surface area contributed by atoms with E-state index in [9.17, 15) is 4.79 Å². The van der Waals surface area contributed by atoms with E-state index in [0.29, 0.717) is 12.4 Å². The summed E-state index contributed by atoms with van der Waals surface area (Å²) < 4.78 is 1.58. The summed E-state index contributed by atoms with van der Waals surface area (Å²) >= 11 is 5.59. The molecule has 0 aliphatic carbocycles. The second-order valence-electron chi connectivity index (χ2n) is 3.18. The number of carbonyl (C=O) groups is 1. The predicted octanol–water partition coefficient (Wildman–Crippen LogP) is 0.750. The summed E-state index contributed by atoms with van der Waals surface area (Å²) in [5.41, 5.74) is 0. The molecule has 0 saturated heterocycles. The first-order valence-corrected chi connectivity index (χ1v) is 5.24. The third kappa shape index (κ3) is 3.49. The number of aromatic nitrogens is 5. The smallest absolute Gasteiger partial charge is 0.227 e. The highest BCUT2D eigenvalue weighted by atomic mass is 35.5. The molecule has 0 atom stereocenters. The molecule has 17 heavy (non-hydrogen) atoms. The minimum Gasteiger partial charge on any atom is -0.310 e. The Hall–Kier alpha value is -2.02. The van der Waals surface area contributed by atoms with E-state index in [1.165, 1.54) is 6.20 Å². The molecule has 88 valence electrons. The average Bonchev–Trinajstić information content (AvgIpc) is 2.79. The van der Waals surface area contributed by atoms with Gasteiger partial charge in [0.15, 0.2) is 0 Å². The standard InChI is InChI=1S/C9H9ClN6O/c10-9-11-3-1-7(14-9)13-8(17)2-5-16-6-4-12-15-16/h1,3-4,6H,2,5H2,(H,11,13,14,17). The van der Waals surface area contributed by atoms with E-state index < -0.39 is 0 Å². The molecule has 2 heterocycles. The van der Waals surface area contributed by atoms with Crippen molar-refractivity contribution < 1.29 is 4.79 Å². The fourth-order valence-corrected chi connectivity index (χ4v) is 1.33. The highest BCUT2D eigenvalue weighted by molar-refractivity contribution is 6.28. The van der Waals surface area contributed by atoms with Crippen LogP contribution in [-0.2, 0) is 11.3 Å². The second kappa shape index (κ2) is 5.35. The van der Waals surface area contributed by atoms with Crippen LogP contribution in [0.25, 0.3) is 0 Å². The van der Waals surface area contributed by atoms with Crippen LogP contribution in [0.4, 0.5) is 5.82 Å². The first-order valence-electron chi connectivity index (χ1n) is 4.86. The van der Waals surface area contributed by atoms with Crippen LogP contribution in [0.1, 0.15) is 6.42 Å². The number of halogens is 1. The lowest BCUT2D eigenvalue weighted by molar-refractivity contribution is -0.116. The van der Waals surface area contributed by atoms with Gasteiger partial charge in [0, 0.05) is 18.8 Å². The van der Waals surface area contributed by atoms with Crippen molar-refractivity contribution in [1.82, 2.24) is 25.0 Å². The Balaban J connectivity index is 1.85. The summed E-state index contributed by atoms with van der Waals surface area (Å²) in [6.45, 7) is 0.463. The molecule has 0 spiro atoms. The summed E-state index contributed by atoms with van der Waals surface area (Å²) in [6.07, 6.45) is 5.00. The topological polar surface area (TPSA) is 85.6 Å². The van der Waals surface area contributed by atoms with Gasteiger partial charge < -0.3 is 5.32 Å². The lowest BCUT2D eigenvalue weighted by Gasteiger charge is -2.03. The molecule has 0 aliphatic rings. The predicted molar refractivity (Wildman–Crippen MR) is 60.3 cm³/mol. The molecule has 0 fully saturated rings. The van der Waals surface area contributed by atoms with Gasteiger partial charge in [0.2, 0.25) is 11.2 Å². The van der Waals surface area contributed by atoms with E-state index in [0.717, 1.165) is 0 Å². The lowest BCUT2D eigenvalue weighted by atomic mass is 10.4. The van der Waals surface area contributed by atoms with Gasteiger partial charge in [-0.05, 0) is 17.7 Å². The maximum Gasteiger partial charge on any atom is 0.227 e. The Kier molecular flexibility index (Phi) is 3.61. The fraction of sp³-hybridized carbons (Fsp3) is 0.222. The Morgan fingerprint density at radius 2 is 2.35 bits per heavy atom. The first-order chi connectivity index (χ1) is 8.24. The van der Waals surface area contributed by atoms with Crippen LogP contribution in [0, 0.1) is 0 Å². The Morgan fingerprint density at radius 1 is 1.47 bits per heavy atom. The van der Waals surface area contributed by atoms with Crippen molar-refractivity contribution in [2.45, 2.75) is 13.0 Å². The summed E-state index contributed by atoms with van der Waals surface area (Å²) in [5, 5.41) is 10.1. The number of carbonyl (C=O) groups excluding carboxylic acids is 1. The van der Waals surface area contributed by atoms with Gasteiger partial charge in [-0.1, -0.05) is 5.21 Å². The molecule has 8 heteroatoms. The van der Waals surface area contributed by atoms with Crippen LogP contribution < -0.4 is 5.32 Å². The number of nitrogens with one attached hydrogen (secondary N) is 1. The number of hydrogen-bond acceptors (Lipinski definition) is 5. The van der Waals surface area contributed by atoms with Gasteiger partial charge >= 0.3 is 0 Å². The molecule has 0 radical (unpaired) electrons. The van der Waals surface area contributed by atoms with E-state index in [1.54, 1.807) is 23.1 Å². The monoisotopic (exact) mass is 252 g/mol. The first kappa shape index (κ1) is 11.5. The summed E-state index contributed by atoms with van der Waals surface area (Å²) in [7, 11) is 0. The van der Waals surface area contributed by atoms with Crippen molar-refractivity contribution in [1.29, 1.82) is 0 Å². The highest BCUT2D eigenvalue weighted by Crippen LogP contribution is 2.06. The maximum absolute atomic E-state index is 11.5. The number of hydrogen-bond donors (Lipinski definition) is 1. The van der Waals surface area contributed by atoms with E-state index in [1.807, 2.05) is 0 Å². The zero-order valence-corrected chi connectivity index (χ0v) is 9.50. The van der Waals surface area contributed by atoms with E-state index in [4.69, 9.17) is 11.6 Å². The van der Waals surface area contributed by atoms with Crippen LogP contribution >= 0.6 is 11.6 Å². The van der Waals surface area contributed by atoms with E-state index >= 15 is 0 Å². The molecule has 2 aromatic heterocycles. The maximum atomic E-state index is 11.5. The van der Waals surface area contributed by atoms with Crippen molar-refractivity contribution in [3.8, 4) is 0 Å². The molecule has 0 bridgehead atoms. The van der Waals surface area contributed by atoms with Crippen molar-refractivity contribution >= 4 is 23.3 Å². The number of rotatable bonds is 4. The fourth-order valence-electron chi connectivity index (χ4n) is 1.18. The van der Waals surface area contributed by atoms with Crippen LogP contribution in [0.2, 0.25) is 5.28 Å². The van der Waals surface area contributed by atoms with Gasteiger partial charge in [0.1, 0.15) is 5.82 Å². The van der Waals surface area contributed by atoms with Crippen molar-refractivity contribution in [3.05, 3.63) is 29.9 Å². The normalized spacial score (nSPS) is 10.2. The Bertz CT molecular complexity index is 500. The Morgan fingerprint density at radius 3 is 3.06 bits per heavy atom. The number of aryl methyl sites for hydroxylation is 1. The summed E-state index contributed by atoms with van der Waals surface area (Å²) in [5.74, 6) is 0.212. The van der Waals surface area contributed by atoms with Gasteiger partial charge in [0.05, 0.1) is 12.7 Å². The van der Waals surface area contributed by atoms with Crippen molar-refractivity contribution in [3.63, 3.8) is 0 Å². The number of amides is 1. The van der Waals surface area contributed by atoms with E-state index in [2.05, 4.69) is 25.6 Å². The molecule has 0 aliphatic heterocycles. The summed E-state index contributed by atoms with van der Waals surface area (Å²) in [6, 6.07) is 1.57. The molecule has 2 aromatic rings. The average molecular weight is 253 g/mol. The molecule has 0 saturated carbocycles. The van der Waals surface area contributed by atoms with Crippen LogP contribution in [0.5, 0.6) is 0 Å². The highest BCUT2D eigenvalue weighted by Gasteiger charge is 2.04. The molecular formula is C9H9ClN6O. The van der Waals surface area contributed by atoms with Crippen LogP contribution in [-0.4, -0.2) is 30.9 Å². The van der Waals surface area contributed by atoms with Crippen LogP contribution in [0.15, 0.2) is 24.7 Å². The molecular weight excluding hydrogens is 244 g/mol. The number of anilines is 1. The minimum absolute atomic E-state index is 0.0964. The van der Waals surface area contributed by atoms with Crippen molar-refractivity contribution in [2.24, 2.45) is 0 Å². The van der Waals surface area contributed by atoms with Gasteiger partial charge in [-0.2, -0.15) is 0 Å². The van der Waals surface area contributed by atoms with Gasteiger partial charge in [-0.15, -0.1) is 5.10 Å². The van der Waals surface area contributed by atoms with Crippen LogP contribution in [0.3, 0.4) is 0 Å². The summed E-state index contributed by atoms with van der Waals surface area (Å²) in [4.78, 5) is 19.1. The Labute approximate surface area is 102 Å². The SMILES string of the molecule is O=C(CCn1ccnn1)Nc1ccnc(Cl)n1. The lowest BCUT2D eigenvalue weighted by Crippen LogP contribution is -2.15. The molecule has 1 amide bonds. The second-order valence-corrected chi connectivity index (χ2v) is 3.51. The number of nitrogens with zero attached hydrogens (tertiary/aromatic N) is 5. The molecule has 0 aromatic carbocycles. The quantitative estimate of drug-likeness (QED) is 0.812. The van der Waals surface area contributed by atoms with Gasteiger partial charge in [-0.3, -0.25) is 9.48 Å². The third-order valence-electron chi connectivity index (χ3n) is 1.93.